The molecule has 2 heterocycles. The van der Waals surface area contributed by atoms with Crippen molar-refractivity contribution >= 4 is 22.2 Å². The Morgan fingerprint density at radius 1 is 1.61 bits per heavy atom. The predicted molar refractivity (Wildman–Crippen MR) is 70.6 cm³/mol. The van der Waals surface area contributed by atoms with Crippen molar-refractivity contribution in [3.05, 3.63) is 23.5 Å². The lowest BCUT2D eigenvalue weighted by Crippen LogP contribution is -2.41. The van der Waals surface area contributed by atoms with Crippen molar-refractivity contribution < 1.29 is 9.90 Å². The highest BCUT2D eigenvalue weighted by Gasteiger charge is 2.16. The molecule has 0 saturated heterocycles. The fraction of sp³-hybridized carbons (Fsp3) is 0.500. The number of carbonyl (C=O) groups excluding carboxylic acids is 1. The second kappa shape index (κ2) is 5.49. The second-order valence-corrected chi connectivity index (χ2v) is 5.48. The first-order valence-corrected chi connectivity index (χ1v) is 6.79. The third-order valence-corrected chi connectivity index (χ3v) is 3.60. The maximum Gasteiger partial charge on any atom is 0.226 e. The van der Waals surface area contributed by atoms with E-state index >= 15 is 0 Å². The number of amides is 1. The molecular formula is C12H17N3O2S. The molecule has 2 N–H and O–H groups in total. The lowest BCUT2D eigenvalue weighted by molar-refractivity contribution is -0.121. The minimum Gasteiger partial charge on any atom is -0.394 e. The van der Waals surface area contributed by atoms with E-state index < -0.39 is 0 Å². The summed E-state index contributed by atoms with van der Waals surface area (Å²) in [5, 5.41) is 13.9. The van der Waals surface area contributed by atoms with Gasteiger partial charge in [0.25, 0.3) is 0 Å². The Bertz CT molecular complexity index is 504. The van der Waals surface area contributed by atoms with Crippen molar-refractivity contribution in [3.63, 3.8) is 0 Å². The van der Waals surface area contributed by atoms with Crippen LogP contribution in [-0.2, 0) is 11.2 Å². The Hall–Kier alpha value is -1.40. The van der Waals surface area contributed by atoms with Crippen LogP contribution in [0.2, 0.25) is 0 Å². The molecule has 6 heteroatoms. The van der Waals surface area contributed by atoms with Crippen LogP contribution in [0.4, 0.5) is 0 Å². The summed E-state index contributed by atoms with van der Waals surface area (Å²) in [6.45, 7) is 3.89. The van der Waals surface area contributed by atoms with Crippen LogP contribution in [0, 0.1) is 5.92 Å². The van der Waals surface area contributed by atoms with E-state index in [1.165, 1.54) is 11.3 Å². The zero-order valence-electron chi connectivity index (χ0n) is 10.5. The van der Waals surface area contributed by atoms with Gasteiger partial charge in [-0.2, -0.15) is 0 Å². The molecule has 98 valence electrons. The molecule has 18 heavy (non-hydrogen) atoms. The molecule has 0 aromatic carbocycles. The smallest absolute Gasteiger partial charge is 0.226 e. The van der Waals surface area contributed by atoms with Crippen LogP contribution < -0.4 is 5.32 Å². The number of fused-ring (bicyclic) bond motifs is 1. The van der Waals surface area contributed by atoms with E-state index in [4.69, 9.17) is 5.11 Å². The summed E-state index contributed by atoms with van der Waals surface area (Å²) in [7, 11) is 0. The van der Waals surface area contributed by atoms with E-state index in [0.717, 1.165) is 10.7 Å². The molecule has 2 aromatic rings. The molecule has 2 rings (SSSR count). The molecular weight excluding hydrogens is 250 g/mol. The normalized spacial score (nSPS) is 13.1. The van der Waals surface area contributed by atoms with Crippen LogP contribution in [0.1, 0.15) is 19.5 Å². The van der Waals surface area contributed by atoms with Crippen molar-refractivity contribution in [2.75, 3.05) is 6.61 Å². The number of aromatic nitrogens is 2. The molecule has 0 fully saturated rings. The number of aliphatic hydroxyl groups excluding tert-OH is 1. The van der Waals surface area contributed by atoms with Crippen molar-refractivity contribution in [2.24, 2.45) is 5.92 Å². The van der Waals surface area contributed by atoms with Crippen LogP contribution in [0.15, 0.2) is 17.8 Å². The fourth-order valence-electron chi connectivity index (χ4n) is 1.71. The summed E-state index contributed by atoms with van der Waals surface area (Å²) in [4.78, 5) is 17.1. The number of nitrogens with one attached hydrogen (secondary N) is 1. The quantitative estimate of drug-likeness (QED) is 0.851. The first-order valence-electron chi connectivity index (χ1n) is 5.91. The third kappa shape index (κ3) is 2.88. The molecule has 0 aliphatic carbocycles. The van der Waals surface area contributed by atoms with Gasteiger partial charge in [0.15, 0.2) is 4.96 Å². The van der Waals surface area contributed by atoms with Crippen LogP contribution in [-0.4, -0.2) is 33.0 Å². The number of thiazole rings is 1. The Morgan fingerprint density at radius 3 is 3.00 bits per heavy atom. The zero-order valence-corrected chi connectivity index (χ0v) is 11.3. The van der Waals surface area contributed by atoms with Gasteiger partial charge in [-0.15, -0.1) is 11.3 Å². The summed E-state index contributed by atoms with van der Waals surface area (Å²) in [5.74, 6) is 0.109. The van der Waals surface area contributed by atoms with Crippen molar-refractivity contribution in [2.45, 2.75) is 26.3 Å². The first-order chi connectivity index (χ1) is 8.60. The molecule has 1 atom stereocenters. The summed E-state index contributed by atoms with van der Waals surface area (Å²) in [6.07, 6.45) is 4.02. The van der Waals surface area contributed by atoms with Crippen molar-refractivity contribution in [3.8, 4) is 0 Å². The minimum absolute atomic E-state index is 0.0400. The molecule has 0 radical (unpaired) electrons. The molecule has 5 nitrogen and oxygen atoms in total. The van der Waals surface area contributed by atoms with E-state index in [1.54, 1.807) is 0 Å². The van der Waals surface area contributed by atoms with Gasteiger partial charge in [0.2, 0.25) is 5.91 Å². The van der Waals surface area contributed by atoms with E-state index in [0.29, 0.717) is 0 Å². The number of nitrogens with zero attached hydrogens (tertiary/aromatic N) is 2. The molecule has 0 aliphatic heterocycles. The minimum atomic E-state index is -0.193. The van der Waals surface area contributed by atoms with Crippen molar-refractivity contribution in [1.82, 2.24) is 14.7 Å². The standard InChI is InChI=1S/C12H17N3O2S/c1-8(2)10(7-16)14-11(17)5-9-6-15-3-4-18-12(15)13-9/h3-4,6,8,10,16H,5,7H2,1-2H3,(H,14,17). The molecule has 2 aromatic heterocycles. The van der Waals surface area contributed by atoms with Gasteiger partial charge in [-0.1, -0.05) is 13.8 Å². The Morgan fingerprint density at radius 2 is 2.39 bits per heavy atom. The summed E-state index contributed by atoms with van der Waals surface area (Å²) < 4.78 is 1.90. The van der Waals surface area contributed by atoms with Gasteiger partial charge < -0.3 is 10.4 Å². The summed E-state index contributed by atoms with van der Waals surface area (Å²) in [5.41, 5.74) is 0.750. The molecule has 1 amide bonds. The molecule has 0 bridgehead atoms. The monoisotopic (exact) mass is 267 g/mol. The molecule has 1 unspecified atom stereocenters. The molecule has 0 saturated carbocycles. The van der Waals surface area contributed by atoms with Crippen LogP contribution in [0.5, 0.6) is 0 Å². The van der Waals surface area contributed by atoms with E-state index in [9.17, 15) is 4.79 Å². The van der Waals surface area contributed by atoms with Crippen LogP contribution >= 0.6 is 11.3 Å². The Kier molecular flexibility index (Phi) is 3.98. The summed E-state index contributed by atoms with van der Waals surface area (Å²) in [6, 6.07) is -0.193. The highest BCUT2D eigenvalue weighted by molar-refractivity contribution is 7.15. The Labute approximate surface area is 109 Å². The average Bonchev–Trinajstić information content (AvgIpc) is 2.85. The average molecular weight is 267 g/mol. The lowest BCUT2D eigenvalue weighted by Gasteiger charge is -2.19. The number of hydrogen-bond donors (Lipinski definition) is 2. The fourth-order valence-corrected chi connectivity index (χ4v) is 2.43. The van der Waals surface area contributed by atoms with Gasteiger partial charge in [-0.25, -0.2) is 4.98 Å². The second-order valence-electron chi connectivity index (χ2n) is 4.60. The molecule has 0 aliphatic rings. The zero-order chi connectivity index (χ0) is 13.1. The number of carbonyl (C=O) groups is 1. The lowest BCUT2D eigenvalue weighted by atomic mass is 10.1. The maximum atomic E-state index is 11.8. The number of aliphatic hydroxyl groups is 1. The predicted octanol–water partition coefficient (Wildman–Crippen LogP) is 1.07. The van der Waals surface area contributed by atoms with E-state index in [-0.39, 0.29) is 30.9 Å². The van der Waals surface area contributed by atoms with Gasteiger partial charge >= 0.3 is 0 Å². The van der Waals surface area contributed by atoms with Gasteiger partial charge in [0.05, 0.1) is 24.8 Å². The van der Waals surface area contributed by atoms with Gasteiger partial charge in [0, 0.05) is 17.8 Å². The Balaban J connectivity index is 1.96. The summed E-state index contributed by atoms with van der Waals surface area (Å²) >= 11 is 1.54. The number of hydrogen-bond acceptors (Lipinski definition) is 4. The third-order valence-electron chi connectivity index (χ3n) is 2.83. The maximum absolute atomic E-state index is 11.8. The largest absolute Gasteiger partial charge is 0.394 e. The van der Waals surface area contributed by atoms with E-state index in [2.05, 4.69) is 10.3 Å². The number of imidazole rings is 1. The topological polar surface area (TPSA) is 66.6 Å². The molecule has 0 spiro atoms. The van der Waals surface area contributed by atoms with Crippen LogP contribution in [0.25, 0.3) is 4.96 Å². The van der Waals surface area contributed by atoms with Crippen LogP contribution in [0.3, 0.4) is 0 Å². The van der Waals surface area contributed by atoms with Gasteiger partial charge in [-0.05, 0) is 5.92 Å². The van der Waals surface area contributed by atoms with E-state index in [1.807, 2.05) is 36.0 Å². The van der Waals surface area contributed by atoms with Crippen molar-refractivity contribution in [1.29, 1.82) is 0 Å². The highest BCUT2D eigenvalue weighted by Crippen LogP contribution is 2.11. The van der Waals surface area contributed by atoms with Gasteiger partial charge in [-0.3, -0.25) is 9.20 Å². The van der Waals surface area contributed by atoms with Gasteiger partial charge in [0.1, 0.15) is 0 Å². The SMILES string of the molecule is CC(C)C(CO)NC(=O)Cc1cn2ccsc2n1. The highest BCUT2D eigenvalue weighted by atomic mass is 32.1. The first kappa shape index (κ1) is 13.0. The number of rotatable bonds is 5.